The number of imidazole rings is 1. The first-order valence-electron chi connectivity index (χ1n) is 6.55. The zero-order valence-electron chi connectivity index (χ0n) is 11.5. The van der Waals surface area contributed by atoms with E-state index in [1.807, 2.05) is 43.6 Å². The van der Waals surface area contributed by atoms with Crippen LogP contribution in [0.2, 0.25) is 5.02 Å². The molecule has 1 aromatic heterocycles. The van der Waals surface area contributed by atoms with Crippen LogP contribution in [0.25, 0.3) is 0 Å². The molecule has 0 bridgehead atoms. The van der Waals surface area contributed by atoms with Crippen LogP contribution in [0.4, 0.5) is 0 Å². The molecule has 0 aliphatic carbocycles. The Morgan fingerprint density at radius 3 is 2.47 bits per heavy atom. The van der Waals surface area contributed by atoms with Gasteiger partial charge in [-0.15, -0.1) is 0 Å². The van der Waals surface area contributed by atoms with Crippen LogP contribution in [0.15, 0.2) is 36.7 Å². The second-order valence-electron chi connectivity index (χ2n) is 5.17. The molecule has 1 heterocycles. The van der Waals surface area contributed by atoms with Crippen molar-refractivity contribution < 1.29 is 0 Å². The fourth-order valence-corrected chi connectivity index (χ4v) is 2.66. The molecule has 4 heteroatoms. The van der Waals surface area contributed by atoms with Gasteiger partial charge in [0, 0.05) is 29.4 Å². The smallest absolute Gasteiger partial charge is 0.111 e. The molecule has 1 aromatic carbocycles. The normalized spacial score (nSPS) is 14.6. The van der Waals surface area contributed by atoms with Crippen LogP contribution in [-0.4, -0.2) is 15.6 Å². The summed E-state index contributed by atoms with van der Waals surface area (Å²) in [6, 6.07) is 7.81. The molecule has 3 nitrogen and oxygen atoms in total. The molecular formula is C15H20ClN3. The first kappa shape index (κ1) is 14.1. The van der Waals surface area contributed by atoms with Crippen molar-refractivity contribution in [3.05, 3.63) is 53.1 Å². The molecule has 0 spiro atoms. The number of hydrogen-bond acceptors (Lipinski definition) is 2. The van der Waals surface area contributed by atoms with E-state index < -0.39 is 0 Å². The van der Waals surface area contributed by atoms with Crippen molar-refractivity contribution in [3.63, 3.8) is 0 Å². The van der Waals surface area contributed by atoms with E-state index in [1.54, 1.807) is 0 Å². The quantitative estimate of drug-likeness (QED) is 0.928. The van der Waals surface area contributed by atoms with Crippen molar-refractivity contribution in [2.24, 2.45) is 5.73 Å². The third-order valence-electron chi connectivity index (χ3n) is 3.24. The Labute approximate surface area is 119 Å². The third-order valence-corrected chi connectivity index (χ3v) is 3.58. The van der Waals surface area contributed by atoms with Crippen LogP contribution >= 0.6 is 11.6 Å². The van der Waals surface area contributed by atoms with E-state index in [4.69, 9.17) is 17.3 Å². The summed E-state index contributed by atoms with van der Waals surface area (Å²) in [7, 11) is 0. The van der Waals surface area contributed by atoms with Crippen molar-refractivity contribution in [2.75, 3.05) is 0 Å². The van der Waals surface area contributed by atoms with Gasteiger partial charge in [-0.05, 0) is 18.6 Å². The van der Waals surface area contributed by atoms with E-state index in [9.17, 15) is 0 Å². The SMILES string of the molecule is CC(C)c1nccn1C(c1ccccc1Cl)C(C)N. The molecular weight excluding hydrogens is 258 g/mol. The van der Waals surface area contributed by atoms with E-state index in [-0.39, 0.29) is 12.1 Å². The highest BCUT2D eigenvalue weighted by molar-refractivity contribution is 6.31. The van der Waals surface area contributed by atoms with E-state index in [0.29, 0.717) is 5.92 Å². The molecule has 0 saturated heterocycles. The monoisotopic (exact) mass is 277 g/mol. The highest BCUT2D eigenvalue weighted by atomic mass is 35.5. The van der Waals surface area contributed by atoms with Gasteiger partial charge in [0.1, 0.15) is 5.82 Å². The van der Waals surface area contributed by atoms with E-state index >= 15 is 0 Å². The van der Waals surface area contributed by atoms with Gasteiger partial charge in [-0.3, -0.25) is 0 Å². The second kappa shape index (κ2) is 5.76. The van der Waals surface area contributed by atoms with Gasteiger partial charge >= 0.3 is 0 Å². The summed E-state index contributed by atoms with van der Waals surface area (Å²) >= 11 is 6.32. The molecule has 19 heavy (non-hydrogen) atoms. The van der Waals surface area contributed by atoms with Gasteiger partial charge in [-0.1, -0.05) is 43.6 Å². The molecule has 0 fully saturated rings. The number of nitrogens with zero attached hydrogens (tertiary/aromatic N) is 2. The molecule has 0 amide bonds. The molecule has 0 saturated carbocycles. The van der Waals surface area contributed by atoms with Gasteiger partial charge in [-0.25, -0.2) is 4.98 Å². The Morgan fingerprint density at radius 1 is 1.21 bits per heavy atom. The van der Waals surface area contributed by atoms with Crippen LogP contribution in [0.1, 0.15) is 44.1 Å². The third kappa shape index (κ3) is 2.82. The zero-order chi connectivity index (χ0) is 14.0. The fourth-order valence-electron chi connectivity index (χ4n) is 2.41. The van der Waals surface area contributed by atoms with Crippen molar-refractivity contribution in [2.45, 2.75) is 38.8 Å². The number of rotatable bonds is 4. The molecule has 2 aromatic rings. The molecule has 0 radical (unpaired) electrons. The molecule has 2 N–H and O–H groups in total. The second-order valence-corrected chi connectivity index (χ2v) is 5.58. The van der Waals surface area contributed by atoms with Gasteiger partial charge in [0.25, 0.3) is 0 Å². The summed E-state index contributed by atoms with van der Waals surface area (Å²) < 4.78 is 2.14. The maximum absolute atomic E-state index is 6.32. The molecule has 0 aliphatic rings. The zero-order valence-corrected chi connectivity index (χ0v) is 12.3. The minimum absolute atomic E-state index is 0.00796. The summed E-state index contributed by atoms with van der Waals surface area (Å²) in [5.41, 5.74) is 7.23. The summed E-state index contributed by atoms with van der Waals surface area (Å²) in [6.07, 6.45) is 3.80. The predicted molar refractivity (Wildman–Crippen MR) is 79.6 cm³/mol. The Hall–Kier alpha value is -1.32. The van der Waals surface area contributed by atoms with Gasteiger partial charge < -0.3 is 10.3 Å². The summed E-state index contributed by atoms with van der Waals surface area (Å²) in [6.45, 7) is 6.26. The van der Waals surface area contributed by atoms with Crippen molar-refractivity contribution in [1.82, 2.24) is 9.55 Å². The van der Waals surface area contributed by atoms with Crippen molar-refractivity contribution >= 4 is 11.6 Å². The number of benzene rings is 1. The van der Waals surface area contributed by atoms with E-state index in [2.05, 4.69) is 23.4 Å². The minimum atomic E-state index is -0.0494. The van der Waals surface area contributed by atoms with E-state index in [0.717, 1.165) is 16.4 Å². The van der Waals surface area contributed by atoms with Crippen molar-refractivity contribution in [3.8, 4) is 0 Å². The average molecular weight is 278 g/mol. The number of halogens is 1. The van der Waals surface area contributed by atoms with Crippen LogP contribution in [0, 0.1) is 0 Å². The number of nitrogens with two attached hydrogens (primary N) is 1. The van der Waals surface area contributed by atoms with Crippen LogP contribution < -0.4 is 5.73 Å². The molecule has 102 valence electrons. The minimum Gasteiger partial charge on any atom is -0.326 e. The average Bonchev–Trinajstić information content (AvgIpc) is 2.80. The van der Waals surface area contributed by atoms with Crippen molar-refractivity contribution in [1.29, 1.82) is 0 Å². The standard InChI is InChI=1S/C15H20ClN3/c1-10(2)15-18-8-9-19(15)14(11(3)17)12-6-4-5-7-13(12)16/h4-11,14H,17H2,1-3H3. The first-order valence-corrected chi connectivity index (χ1v) is 6.93. The highest BCUT2D eigenvalue weighted by Gasteiger charge is 2.23. The highest BCUT2D eigenvalue weighted by Crippen LogP contribution is 2.30. The van der Waals surface area contributed by atoms with Gasteiger partial charge in [-0.2, -0.15) is 0 Å². The summed E-state index contributed by atoms with van der Waals surface area (Å²) in [5.74, 6) is 1.38. The predicted octanol–water partition coefficient (Wildman–Crippen LogP) is 3.60. The molecule has 2 atom stereocenters. The maximum Gasteiger partial charge on any atom is 0.111 e. The van der Waals surface area contributed by atoms with Gasteiger partial charge in [0.05, 0.1) is 6.04 Å². The summed E-state index contributed by atoms with van der Waals surface area (Å²) in [4.78, 5) is 4.44. The van der Waals surface area contributed by atoms with Gasteiger partial charge in [0.15, 0.2) is 0 Å². The molecule has 0 aliphatic heterocycles. The Balaban J connectivity index is 2.53. The Morgan fingerprint density at radius 2 is 1.89 bits per heavy atom. The molecule has 2 rings (SSSR count). The lowest BCUT2D eigenvalue weighted by Crippen LogP contribution is -2.31. The Bertz CT molecular complexity index is 546. The Kier molecular flexibility index (Phi) is 4.27. The van der Waals surface area contributed by atoms with Gasteiger partial charge in [0.2, 0.25) is 0 Å². The number of hydrogen-bond donors (Lipinski definition) is 1. The molecule has 2 unspecified atom stereocenters. The lowest BCUT2D eigenvalue weighted by atomic mass is 10.00. The van der Waals surface area contributed by atoms with E-state index in [1.165, 1.54) is 0 Å². The largest absolute Gasteiger partial charge is 0.326 e. The fraction of sp³-hybridized carbons (Fsp3) is 0.400. The van der Waals surface area contributed by atoms with Crippen LogP contribution in [0.3, 0.4) is 0 Å². The summed E-state index contributed by atoms with van der Waals surface area (Å²) in [5, 5.41) is 0.744. The first-order chi connectivity index (χ1) is 9.02. The lowest BCUT2D eigenvalue weighted by molar-refractivity contribution is 0.471. The maximum atomic E-state index is 6.32. The van der Waals surface area contributed by atoms with Crippen LogP contribution in [0.5, 0.6) is 0 Å². The van der Waals surface area contributed by atoms with Crippen LogP contribution in [-0.2, 0) is 0 Å². The topological polar surface area (TPSA) is 43.8 Å². The lowest BCUT2D eigenvalue weighted by Gasteiger charge is -2.26. The number of aromatic nitrogens is 2.